The summed E-state index contributed by atoms with van der Waals surface area (Å²) in [6.45, 7) is 9.88. The zero-order valence-electron chi connectivity index (χ0n) is 8.49. The highest BCUT2D eigenvalue weighted by molar-refractivity contribution is 6.83. The fourth-order valence-corrected chi connectivity index (χ4v) is 0.968. The SMILES string of the molecule is CC(=O)/C(C)=C/C#C[Si](C)(C)C. The van der Waals surface area contributed by atoms with Gasteiger partial charge in [0.25, 0.3) is 0 Å². The lowest BCUT2D eigenvalue weighted by atomic mass is 10.2. The number of carbonyl (C=O) groups excluding carboxylic acids is 1. The van der Waals surface area contributed by atoms with Crippen molar-refractivity contribution in [2.24, 2.45) is 0 Å². The molecule has 0 N–H and O–H groups in total. The molecule has 0 saturated carbocycles. The summed E-state index contributed by atoms with van der Waals surface area (Å²) >= 11 is 0. The molecular weight excluding hydrogens is 164 g/mol. The Labute approximate surface area is 75.9 Å². The first-order valence-electron chi connectivity index (χ1n) is 4.03. The molecule has 0 bridgehead atoms. The van der Waals surface area contributed by atoms with Gasteiger partial charge >= 0.3 is 0 Å². The van der Waals surface area contributed by atoms with Crippen LogP contribution in [0.25, 0.3) is 0 Å². The van der Waals surface area contributed by atoms with Crippen molar-refractivity contribution >= 4 is 13.9 Å². The fraction of sp³-hybridized carbons (Fsp3) is 0.500. The molecule has 12 heavy (non-hydrogen) atoms. The van der Waals surface area contributed by atoms with E-state index in [0.717, 1.165) is 5.57 Å². The molecule has 1 nitrogen and oxygen atoms in total. The van der Waals surface area contributed by atoms with Crippen molar-refractivity contribution in [2.45, 2.75) is 33.5 Å². The Balaban J connectivity index is 4.38. The molecule has 0 aromatic rings. The summed E-state index contributed by atoms with van der Waals surface area (Å²) in [5, 5.41) is 0. The van der Waals surface area contributed by atoms with E-state index in [2.05, 4.69) is 31.1 Å². The predicted molar refractivity (Wildman–Crippen MR) is 55.6 cm³/mol. The topological polar surface area (TPSA) is 17.1 Å². The highest BCUT2D eigenvalue weighted by Crippen LogP contribution is 1.97. The lowest BCUT2D eigenvalue weighted by Gasteiger charge is -2.02. The fourth-order valence-electron chi connectivity index (χ4n) is 0.462. The van der Waals surface area contributed by atoms with Gasteiger partial charge in [-0.05, 0) is 25.5 Å². The molecule has 0 amide bonds. The highest BCUT2D eigenvalue weighted by Gasteiger charge is 2.06. The molecular formula is C10H16OSi. The predicted octanol–water partition coefficient (Wildman–Crippen LogP) is 2.40. The molecule has 0 aliphatic heterocycles. The molecule has 0 aromatic heterocycles. The molecule has 0 radical (unpaired) electrons. The van der Waals surface area contributed by atoms with Crippen LogP contribution in [0.15, 0.2) is 11.6 Å². The van der Waals surface area contributed by atoms with Crippen LogP contribution in [-0.4, -0.2) is 13.9 Å². The van der Waals surface area contributed by atoms with Crippen LogP contribution in [0.3, 0.4) is 0 Å². The lowest BCUT2D eigenvalue weighted by Crippen LogP contribution is -2.16. The van der Waals surface area contributed by atoms with E-state index in [1.165, 1.54) is 0 Å². The van der Waals surface area contributed by atoms with Crippen LogP contribution in [0, 0.1) is 11.5 Å². The maximum atomic E-state index is 10.8. The van der Waals surface area contributed by atoms with Crippen LogP contribution < -0.4 is 0 Å². The van der Waals surface area contributed by atoms with E-state index in [1.807, 2.05) is 0 Å². The third kappa shape index (κ3) is 5.93. The number of hydrogen-bond donors (Lipinski definition) is 0. The molecule has 2 heteroatoms. The summed E-state index contributed by atoms with van der Waals surface area (Å²) in [6.07, 6.45) is 1.71. The van der Waals surface area contributed by atoms with Gasteiger partial charge in [0.15, 0.2) is 5.78 Å². The van der Waals surface area contributed by atoms with E-state index in [-0.39, 0.29) is 5.78 Å². The number of hydrogen-bond acceptors (Lipinski definition) is 1. The van der Waals surface area contributed by atoms with Crippen molar-refractivity contribution < 1.29 is 4.79 Å². The molecule has 0 rings (SSSR count). The Morgan fingerprint density at radius 3 is 2.08 bits per heavy atom. The summed E-state index contributed by atoms with van der Waals surface area (Å²) in [6, 6.07) is 0. The van der Waals surface area contributed by atoms with Gasteiger partial charge in [-0.3, -0.25) is 4.79 Å². The zero-order valence-corrected chi connectivity index (χ0v) is 9.49. The quantitative estimate of drug-likeness (QED) is 0.344. The third-order valence-corrected chi connectivity index (χ3v) is 2.19. The Bertz CT molecular complexity index is 258. The van der Waals surface area contributed by atoms with Gasteiger partial charge in [0.2, 0.25) is 0 Å². The number of carbonyl (C=O) groups is 1. The first-order chi connectivity index (χ1) is 5.33. The van der Waals surface area contributed by atoms with Crippen LogP contribution in [0.2, 0.25) is 19.6 Å². The van der Waals surface area contributed by atoms with Gasteiger partial charge < -0.3 is 0 Å². The van der Waals surface area contributed by atoms with Crippen LogP contribution in [-0.2, 0) is 4.79 Å². The van der Waals surface area contributed by atoms with Gasteiger partial charge in [0, 0.05) is 0 Å². The minimum Gasteiger partial charge on any atom is -0.295 e. The number of rotatable bonds is 1. The van der Waals surface area contributed by atoms with Gasteiger partial charge in [0.05, 0.1) is 0 Å². The van der Waals surface area contributed by atoms with Gasteiger partial charge in [0.1, 0.15) is 8.07 Å². The molecule has 0 aliphatic rings. The number of ketones is 1. The molecule has 0 spiro atoms. The van der Waals surface area contributed by atoms with E-state index in [0.29, 0.717) is 0 Å². The van der Waals surface area contributed by atoms with Crippen LogP contribution in [0.5, 0.6) is 0 Å². The Hall–Kier alpha value is -0.813. The number of Topliss-reactive ketones (excluding diaryl/α,β-unsaturated/α-hetero) is 1. The van der Waals surface area contributed by atoms with Crippen LogP contribution in [0.4, 0.5) is 0 Å². The summed E-state index contributed by atoms with van der Waals surface area (Å²) < 4.78 is 0. The first-order valence-corrected chi connectivity index (χ1v) is 7.53. The van der Waals surface area contributed by atoms with Crippen molar-refractivity contribution in [3.8, 4) is 11.5 Å². The molecule has 0 fully saturated rings. The monoisotopic (exact) mass is 180 g/mol. The van der Waals surface area contributed by atoms with Gasteiger partial charge in [-0.2, -0.15) is 0 Å². The largest absolute Gasteiger partial charge is 0.295 e. The maximum absolute atomic E-state index is 10.8. The van der Waals surface area contributed by atoms with Crippen molar-refractivity contribution in [1.29, 1.82) is 0 Å². The maximum Gasteiger partial charge on any atom is 0.156 e. The molecule has 0 aliphatic carbocycles. The third-order valence-electron chi connectivity index (χ3n) is 1.29. The molecule has 0 saturated heterocycles. The molecule has 0 aromatic carbocycles. The summed E-state index contributed by atoms with van der Waals surface area (Å²) in [5.41, 5.74) is 3.90. The Morgan fingerprint density at radius 2 is 1.75 bits per heavy atom. The average Bonchev–Trinajstić information content (AvgIpc) is 1.84. The Morgan fingerprint density at radius 1 is 1.25 bits per heavy atom. The zero-order chi connectivity index (χ0) is 9.78. The van der Waals surface area contributed by atoms with Crippen molar-refractivity contribution in [1.82, 2.24) is 0 Å². The van der Waals surface area contributed by atoms with Crippen LogP contribution >= 0.6 is 0 Å². The molecule has 0 atom stereocenters. The summed E-state index contributed by atoms with van der Waals surface area (Å²) in [4.78, 5) is 10.8. The lowest BCUT2D eigenvalue weighted by molar-refractivity contribution is -0.113. The Kier molecular flexibility index (Phi) is 3.98. The minimum atomic E-state index is -1.28. The van der Waals surface area contributed by atoms with Crippen molar-refractivity contribution in [3.05, 3.63) is 11.6 Å². The molecule has 66 valence electrons. The second-order valence-electron chi connectivity index (χ2n) is 3.90. The average molecular weight is 180 g/mol. The van der Waals surface area contributed by atoms with Gasteiger partial charge in [-0.1, -0.05) is 25.6 Å². The second kappa shape index (κ2) is 4.27. The normalized spacial score (nSPS) is 11.9. The van der Waals surface area contributed by atoms with E-state index in [9.17, 15) is 4.79 Å². The second-order valence-corrected chi connectivity index (χ2v) is 8.65. The van der Waals surface area contributed by atoms with Crippen molar-refractivity contribution in [2.75, 3.05) is 0 Å². The van der Waals surface area contributed by atoms with E-state index in [1.54, 1.807) is 19.9 Å². The smallest absolute Gasteiger partial charge is 0.156 e. The highest BCUT2D eigenvalue weighted by atomic mass is 28.3. The molecule has 0 heterocycles. The molecule has 0 unspecified atom stereocenters. The van der Waals surface area contributed by atoms with Crippen LogP contribution in [0.1, 0.15) is 13.8 Å². The minimum absolute atomic E-state index is 0.0971. The van der Waals surface area contributed by atoms with E-state index in [4.69, 9.17) is 0 Å². The standard InChI is InChI=1S/C10H16OSi/c1-9(10(2)11)7-6-8-12(3,4)5/h7H,1-5H3/b9-7+. The summed E-state index contributed by atoms with van der Waals surface area (Å²) in [5.74, 6) is 3.03. The summed E-state index contributed by atoms with van der Waals surface area (Å²) in [7, 11) is -1.28. The van der Waals surface area contributed by atoms with Gasteiger partial charge in [-0.25, -0.2) is 0 Å². The van der Waals surface area contributed by atoms with Gasteiger partial charge in [-0.15, -0.1) is 5.54 Å². The van der Waals surface area contributed by atoms with E-state index < -0.39 is 8.07 Å². The van der Waals surface area contributed by atoms with Crippen molar-refractivity contribution in [3.63, 3.8) is 0 Å². The first kappa shape index (κ1) is 11.2. The van der Waals surface area contributed by atoms with E-state index >= 15 is 0 Å². The number of allylic oxidation sites excluding steroid dienone is 2.